The summed E-state index contributed by atoms with van der Waals surface area (Å²) in [4.78, 5) is 0. The Morgan fingerprint density at radius 3 is 0.933 bits per heavy atom. The van der Waals surface area contributed by atoms with E-state index in [1.165, 1.54) is 152 Å². The maximum Gasteiger partial charge on any atom is 0.181 e. The maximum atomic E-state index is 2.61. The molecule has 1 aliphatic carbocycles. The molecule has 0 nitrogen and oxygen atoms in total. The lowest BCUT2D eigenvalue weighted by Gasteiger charge is -2.35. The Morgan fingerprint density at radius 1 is 0.202 bits per heavy atom. The highest BCUT2D eigenvalue weighted by Gasteiger charge is 2.53. The van der Waals surface area contributed by atoms with Gasteiger partial charge in [-0.1, -0.05) is 346 Å². The molecule has 0 unspecified atom stereocenters. The third-order valence-corrected chi connectivity index (χ3v) is 30.2. The first kappa shape index (κ1) is 51.5. The van der Waals surface area contributed by atoms with E-state index in [-0.39, 0.29) is 0 Å². The first-order valence-electron chi connectivity index (χ1n) is 31.2. The topological polar surface area (TPSA) is 0 Å². The Morgan fingerprint density at radius 2 is 0.506 bits per heavy atom. The van der Waals surface area contributed by atoms with Gasteiger partial charge < -0.3 is 0 Å². The molecule has 0 bridgehead atoms. The Kier molecular flexibility index (Phi) is 11.7. The minimum Gasteiger partial charge on any atom is -0.0623 e. The fourth-order valence-electron chi connectivity index (χ4n) is 17.1. The van der Waals surface area contributed by atoms with E-state index in [9.17, 15) is 0 Å². The molecular weight excluding hydrogens is 1100 g/mol. The van der Waals surface area contributed by atoms with Crippen molar-refractivity contribution in [3.05, 3.63) is 374 Å². The van der Waals surface area contributed by atoms with Crippen LogP contribution in [0.4, 0.5) is 0 Å². The summed E-state index contributed by atoms with van der Waals surface area (Å²) in [7, 11) is -6.00. The minimum atomic E-state index is -3.00. The van der Waals surface area contributed by atoms with E-state index in [2.05, 4.69) is 352 Å². The van der Waals surface area contributed by atoms with Crippen molar-refractivity contribution in [3.8, 4) is 66.8 Å². The van der Waals surface area contributed by atoms with Crippen LogP contribution in [0.2, 0.25) is 0 Å². The highest BCUT2D eigenvalue weighted by molar-refractivity contribution is 7.23. The quantitative estimate of drug-likeness (QED) is 0.0998. The fraction of sp³-hybridized carbons (Fsp3) is 0.0115. The molecule has 0 saturated heterocycles. The summed E-state index contributed by atoms with van der Waals surface area (Å²) in [5, 5.41) is 16.3. The standard InChI is InChI=1S/C87H58Si2/c1-7-30-59(31-8-1)87(60-32-9-2-10-33-60)80-55-22-19-42-67(80)72-49-27-54-77(84(72)87)83-70-47-25-45-65(73-50-28-52-75-68-43-20-23-56-81(68)88(85(73)75,61-34-11-3-12-35-61)62-36-13-4-14-37-62)78(70)58-79-66(46-26-48-71(79)83)74-51-29-53-76-69-44-21-24-57-82(69)89(86(74)76,63-38-15-5-16-39-63)64-40-17-6-18-41-64/h1-58H. The third-order valence-electron chi connectivity index (χ3n) is 20.3. The van der Waals surface area contributed by atoms with Crippen molar-refractivity contribution in [1.29, 1.82) is 0 Å². The van der Waals surface area contributed by atoms with Gasteiger partial charge in [0.25, 0.3) is 0 Å². The predicted octanol–water partition coefficient (Wildman–Crippen LogP) is 16.1. The van der Waals surface area contributed by atoms with Crippen LogP contribution in [-0.2, 0) is 5.41 Å². The first-order chi connectivity index (χ1) is 44.2. The van der Waals surface area contributed by atoms with Crippen LogP contribution in [0.25, 0.3) is 88.3 Å². The maximum absolute atomic E-state index is 3.00. The first-order valence-corrected chi connectivity index (χ1v) is 35.2. The summed E-state index contributed by atoms with van der Waals surface area (Å²) >= 11 is 0. The highest BCUT2D eigenvalue weighted by atomic mass is 28.3. The van der Waals surface area contributed by atoms with E-state index in [1.54, 1.807) is 0 Å². The molecule has 2 aliphatic heterocycles. The van der Waals surface area contributed by atoms with E-state index < -0.39 is 21.6 Å². The molecule has 15 aromatic rings. The van der Waals surface area contributed by atoms with Crippen LogP contribution in [0.5, 0.6) is 0 Å². The lowest BCUT2D eigenvalue weighted by atomic mass is 9.65. The Bertz CT molecular complexity index is 4930. The van der Waals surface area contributed by atoms with E-state index in [0.29, 0.717) is 0 Å². The van der Waals surface area contributed by atoms with Gasteiger partial charge in [-0.25, -0.2) is 0 Å². The van der Waals surface area contributed by atoms with Gasteiger partial charge >= 0.3 is 0 Å². The van der Waals surface area contributed by atoms with Gasteiger partial charge in [0.1, 0.15) is 0 Å². The van der Waals surface area contributed by atoms with E-state index in [1.807, 2.05) is 0 Å². The Labute approximate surface area is 522 Å². The van der Waals surface area contributed by atoms with Gasteiger partial charge in [0.15, 0.2) is 16.1 Å². The van der Waals surface area contributed by atoms with Gasteiger partial charge in [-0.2, -0.15) is 0 Å². The zero-order valence-corrected chi connectivity index (χ0v) is 51.0. The second-order valence-corrected chi connectivity index (χ2v) is 31.7. The molecule has 2 heterocycles. The monoisotopic (exact) mass is 1160 g/mol. The Balaban J connectivity index is 1.01. The van der Waals surface area contributed by atoms with Crippen molar-refractivity contribution in [1.82, 2.24) is 0 Å². The van der Waals surface area contributed by atoms with Crippen molar-refractivity contribution in [2.24, 2.45) is 0 Å². The minimum absolute atomic E-state index is 0.653. The van der Waals surface area contributed by atoms with Crippen LogP contribution < -0.4 is 41.5 Å². The molecule has 89 heavy (non-hydrogen) atoms. The molecular formula is C87H58Si2. The second kappa shape index (κ2) is 20.2. The third kappa shape index (κ3) is 7.10. The molecule has 0 radical (unpaired) electrons. The molecule has 0 fully saturated rings. The van der Waals surface area contributed by atoms with E-state index >= 15 is 0 Å². The van der Waals surface area contributed by atoms with Gasteiger partial charge in [0.05, 0.1) is 5.41 Å². The van der Waals surface area contributed by atoms with Gasteiger partial charge in [0.2, 0.25) is 0 Å². The molecule has 15 aromatic carbocycles. The number of benzene rings is 15. The normalized spacial score (nSPS) is 14.1. The van der Waals surface area contributed by atoms with Crippen molar-refractivity contribution < 1.29 is 0 Å². The fourth-order valence-corrected chi connectivity index (χ4v) is 27.9. The van der Waals surface area contributed by atoms with Crippen LogP contribution in [0.1, 0.15) is 22.3 Å². The van der Waals surface area contributed by atoms with Gasteiger partial charge in [0, 0.05) is 0 Å². The van der Waals surface area contributed by atoms with E-state index in [4.69, 9.17) is 0 Å². The van der Waals surface area contributed by atoms with Crippen LogP contribution in [0.15, 0.2) is 352 Å². The molecule has 3 aliphatic rings. The summed E-state index contributed by atoms with van der Waals surface area (Å²) in [6.07, 6.45) is 0. The zero-order chi connectivity index (χ0) is 58.7. The molecule has 0 saturated carbocycles. The van der Waals surface area contributed by atoms with Gasteiger partial charge in [-0.05, 0) is 158 Å². The smallest absolute Gasteiger partial charge is 0.0623 e. The number of rotatable bonds is 9. The molecule has 18 rings (SSSR count). The van der Waals surface area contributed by atoms with Gasteiger partial charge in [-0.3, -0.25) is 0 Å². The SMILES string of the molecule is c1ccc(C2(c3ccccc3)c3ccccc3-c3cccc(-c4c5cccc(-c6cccc7c6[Si](c6ccccc6)(c6ccccc6)c6ccccc6-7)c5cc5c(-c6cccc7c6[Si](c6ccccc6)(c6ccccc6)c6ccccc6-7)cccc45)c32)cc1. The van der Waals surface area contributed by atoms with Crippen LogP contribution in [-0.4, -0.2) is 16.1 Å². The molecule has 0 spiro atoms. The molecule has 0 aromatic heterocycles. The average Bonchev–Trinajstić information content (AvgIpc) is 1.65. The zero-order valence-electron chi connectivity index (χ0n) is 49.0. The molecule has 414 valence electrons. The number of fused-ring (bicyclic) bond motifs is 11. The lowest BCUT2D eigenvalue weighted by Crippen LogP contribution is -2.73. The van der Waals surface area contributed by atoms with Crippen molar-refractivity contribution in [2.75, 3.05) is 0 Å². The number of hydrogen-bond donors (Lipinski definition) is 0. The summed E-state index contributed by atoms with van der Waals surface area (Å²) in [6.45, 7) is 0. The van der Waals surface area contributed by atoms with Crippen LogP contribution >= 0.6 is 0 Å². The summed E-state index contributed by atoms with van der Waals surface area (Å²) < 4.78 is 0. The summed E-state index contributed by atoms with van der Waals surface area (Å²) in [6, 6.07) is 135. The van der Waals surface area contributed by atoms with Gasteiger partial charge in [-0.15, -0.1) is 0 Å². The largest absolute Gasteiger partial charge is 0.181 e. The van der Waals surface area contributed by atoms with Crippen LogP contribution in [0, 0.1) is 0 Å². The predicted molar refractivity (Wildman–Crippen MR) is 380 cm³/mol. The number of hydrogen-bond acceptors (Lipinski definition) is 0. The molecule has 0 amide bonds. The van der Waals surface area contributed by atoms with Crippen molar-refractivity contribution in [3.63, 3.8) is 0 Å². The Hall–Kier alpha value is -10.7. The summed E-state index contributed by atoms with van der Waals surface area (Å²) in [5.41, 5.74) is 19.9. The van der Waals surface area contributed by atoms with E-state index in [0.717, 1.165) is 0 Å². The molecule has 0 N–H and O–H groups in total. The van der Waals surface area contributed by atoms with Crippen molar-refractivity contribution in [2.45, 2.75) is 5.41 Å². The molecule has 2 heteroatoms. The second-order valence-electron chi connectivity index (χ2n) is 24.3. The van der Waals surface area contributed by atoms with Crippen molar-refractivity contribution >= 4 is 79.2 Å². The van der Waals surface area contributed by atoms with Crippen LogP contribution in [0.3, 0.4) is 0 Å². The highest BCUT2D eigenvalue weighted by Crippen LogP contribution is 2.60. The summed E-state index contributed by atoms with van der Waals surface area (Å²) in [5.74, 6) is 0. The molecule has 0 atom stereocenters. The average molecular weight is 1160 g/mol. The lowest BCUT2D eigenvalue weighted by molar-refractivity contribution is 0.770.